The van der Waals surface area contributed by atoms with Crippen LogP contribution in [0.25, 0.3) is 10.8 Å². The van der Waals surface area contributed by atoms with E-state index in [0.29, 0.717) is 34.4 Å². The number of aromatic nitrogens is 1. The zero-order valence-electron chi connectivity index (χ0n) is 29.4. The van der Waals surface area contributed by atoms with Gasteiger partial charge in [0.05, 0.1) is 25.1 Å². The lowest BCUT2D eigenvalue weighted by molar-refractivity contribution is -0.160. The second kappa shape index (κ2) is 14.0. The van der Waals surface area contributed by atoms with E-state index in [0.717, 1.165) is 17.7 Å². The molecule has 3 N–H and O–H groups in total. The molecule has 0 radical (unpaired) electrons. The summed E-state index contributed by atoms with van der Waals surface area (Å²) in [6.07, 6.45) is -3.23. The standard InChI is InChI=1S/C34H41ClF3N5O9S/c1-32(2,3)26(40-31(47)51-16-34(36,37)38)29(45)43-15-19(52-28-22-11-18(35)7-10-21(22)25(50-4)14-39-28)12-24(43)27(44)41-33(13-23(33)17-5-6-17)30(46)42-53(48,49)20-8-9-20/h7,10-11,14,17,19-20,23-24,26H,5-6,8-9,12-13,15-16H2,1-4H3,(H,40,47)(H,41,44)(H,42,46)/t19-,23+,24+,26-,33-/m1/s1. The number of halogens is 4. The first-order chi connectivity index (χ1) is 24.7. The summed E-state index contributed by atoms with van der Waals surface area (Å²) in [5.41, 5.74) is -2.62. The fourth-order valence-electron chi connectivity index (χ4n) is 6.88. The Kier molecular flexibility index (Phi) is 10.2. The van der Waals surface area contributed by atoms with Crippen LogP contribution < -0.4 is 24.8 Å². The molecule has 290 valence electrons. The van der Waals surface area contributed by atoms with Crippen molar-refractivity contribution in [2.24, 2.45) is 17.3 Å². The quantitative estimate of drug-likeness (QED) is 0.286. The fourth-order valence-corrected chi connectivity index (χ4v) is 8.41. The number of nitrogens with one attached hydrogen (secondary N) is 3. The lowest BCUT2D eigenvalue weighted by Crippen LogP contribution is -2.60. The maximum atomic E-state index is 14.3. The molecule has 4 aliphatic rings. The highest BCUT2D eigenvalue weighted by Crippen LogP contribution is 2.57. The van der Waals surface area contributed by atoms with Gasteiger partial charge in [-0.1, -0.05) is 32.4 Å². The first-order valence-electron chi connectivity index (χ1n) is 17.2. The number of ether oxygens (including phenoxy) is 3. The van der Waals surface area contributed by atoms with E-state index in [1.54, 1.807) is 39.0 Å². The molecule has 3 saturated carbocycles. The van der Waals surface area contributed by atoms with Crippen molar-refractivity contribution in [3.8, 4) is 11.6 Å². The third-order valence-corrected chi connectivity index (χ3v) is 12.1. The van der Waals surface area contributed by atoms with E-state index >= 15 is 0 Å². The molecular weight excluding hydrogens is 747 g/mol. The summed E-state index contributed by atoms with van der Waals surface area (Å²) in [6.45, 7) is 2.59. The number of carbonyl (C=O) groups excluding carboxylic acids is 4. The van der Waals surface area contributed by atoms with Gasteiger partial charge >= 0.3 is 12.3 Å². The highest BCUT2D eigenvalue weighted by atomic mass is 35.5. The van der Waals surface area contributed by atoms with Crippen molar-refractivity contribution in [2.45, 2.75) is 94.4 Å². The number of fused-ring (bicyclic) bond motifs is 1. The molecule has 2 aromatic rings. The molecule has 0 spiro atoms. The predicted molar refractivity (Wildman–Crippen MR) is 183 cm³/mol. The number of amides is 4. The number of rotatable bonds is 12. The second-order valence-corrected chi connectivity index (χ2v) is 17.6. The van der Waals surface area contributed by atoms with E-state index in [9.17, 15) is 40.8 Å². The first-order valence-corrected chi connectivity index (χ1v) is 19.1. The first kappa shape index (κ1) is 38.7. The van der Waals surface area contributed by atoms with E-state index in [1.165, 1.54) is 13.3 Å². The number of methoxy groups -OCH3 is 1. The van der Waals surface area contributed by atoms with Crippen LogP contribution in [0, 0.1) is 17.3 Å². The molecule has 3 aliphatic carbocycles. The molecule has 0 bridgehead atoms. The summed E-state index contributed by atoms with van der Waals surface area (Å²) in [7, 11) is -2.47. The molecule has 4 amide bonds. The maximum absolute atomic E-state index is 14.3. The molecule has 19 heteroatoms. The van der Waals surface area contributed by atoms with E-state index in [-0.39, 0.29) is 37.1 Å². The third-order valence-electron chi connectivity index (χ3n) is 10.0. The summed E-state index contributed by atoms with van der Waals surface area (Å²) < 4.78 is 82.1. The highest BCUT2D eigenvalue weighted by molar-refractivity contribution is 7.91. The van der Waals surface area contributed by atoms with Crippen molar-refractivity contribution in [3.63, 3.8) is 0 Å². The van der Waals surface area contributed by atoms with E-state index < -0.39 is 81.0 Å². The SMILES string of the molecule is COc1cnc(O[C@@H]2C[C@@H](C(=O)N[C@]3(C(=O)NS(=O)(=O)C4CC4)C[C@H]3C3CC3)N(C(=O)[C@@H](NC(=O)OCC(F)(F)F)C(C)(C)C)C2)c2cc(Cl)ccc12. The molecule has 5 atom stereocenters. The van der Waals surface area contributed by atoms with Crippen molar-refractivity contribution in [2.75, 3.05) is 20.3 Å². The zero-order valence-corrected chi connectivity index (χ0v) is 31.0. The molecule has 53 heavy (non-hydrogen) atoms. The van der Waals surface area contributed by atoms with Crippen molar-refractivity contribution < 1.29 is 55.0 Å². The summed E-state index contributed by atoms with van der Waals surface area (Å²) >= 11 is 6.28. The Hall–Kier alpha value is -4.06. The Labute approximate surface area is 308 Å². The van der Waals surface area contributed by atoms with Crippen LogP contribution >= 0.6 is 11.6 Å². The third kappa shape index (κ3) is 8.53. The second-order valence-electron chi connectivity index (χ2n) is 15.2. The van der Waals surface area contributed by atoms with Crippen LogP contribution in [0.15, 0.2) is 24.4 Å². The number of carbonyl (C=O) groups is 4. The van der Waals surface area contributed by atoms with Crippen LogP contribution in [0.2, 0.25) is 5.02 Å². The fraction of sp³-hybridized carbons (Fsp3) is 0.618. The maximum Gasteiger partial charge on any atom is 0.422 e. The summed E-state index contributed by atoms with van der Waals surface area (Å²) in [6, 6.07) is 2.18. The van der Waals surface area contributed by atoms with Gasteiger partial charge in [-0.15, -0.1) is 0 Å². The van der Waals surface area contributed by atoms with Gasteiger partial charge in [-0.05, 0) is 67.6 Å². The minimum Gasteiger partial charge on any atom is -0.494 e. The number of hydrogen-bond acceptors (Lipinski definition) is 10. The van der Waals surface area contributed by atoms with Gasteiger partial charge in [-0.3, -0.25) is 19.1 Å². The smallest absolute Gasteiger partial charge is 0.422 e. The molecule has 0 unspecified atom stereocenters. The Balaban J connectivity index is 1.29. The van der Waals surface area contributed by atoms with Gasteiger partial charge in [0.2, 0.25) is 27.7 Å². The van der Waals surface area contributed by atoms with E-state index in [1.807, 2.05) is 0 Å². The van der Waals surface area contributed by atoms with Crippen LogP contribution in [-0.2, 0) is 29.1 Å². The number of pyridine rings is 1. The molecule has 1 aromatic carbocycles. The molecular formula is C34H41ClF3N5O9S. The van der Waals surface area contributed by atoms with Gasteiger partial charge in [0, 0.05) is 22.2 Å². The summed E-state index contributed by atoms with van der Waals surface area (Å²) in [5.74, 6) is -2.10. The van der Waals surface area contributed by atoms with Gasteiger partial charge < -0.3 is 29.7 Å². The van der Waals surface area contributed by atoms with Gasteiger partial charge in [0.1, 0.15) is 29.5 Å². The van der Waals surface area contributed by atoms with Gasteiger partial charge in [0.25, 0.3) is 5.91 Å². The van der Waals surface area contributed by atoms with Crippen molar-refractivity contribution in [1.82, 2.24) is 25.2 Å². The minimum absolute atomic E-state index is 0.111. The number of alkyl carbamates (subject to hydrolysis) is 1. The lowest BCUT2D eigenvalue weighted by Gasteiger charge is -2.35. The van der Waals surface area contributed by atoms with Crippen molar-refractivity contribution in [3.05, 3.63) is 29.4 Å². The largest absolute Gasteiger partial charge is 0.494 e. The van der Waals surface area contributed by atoms with Gasteiger partial charge in [-0.25, -0.2) is 18.2 Å². The average molecular weight is 788 g/mol. The Morgan fingerprint density at radius 3 is 2.40 bits per heavy atom. The average Bonchev–Trinajstić information content (AvgIpc) is 3.94. The molecule has 4 fully saturated rings. The van der Waals surface area contributed by atoms with Crippen LogP contribution in [0.5, 0.6) is 11.6 Å². The number of alkyl halides is 3. The number of hydrogen-bond donors (Lipinski definition) is 3. The Bertz CT molecular complexity index is 1920. The Morgan fingerprint density at radius 1 is 1.09 bits per heavy atom. The van der Waals surface area contributed by atoms with Crippen LogP contribution in [0.1, 0.15) is 59.3 Å². The molecule has 1 saturated heterocycles. The zero-order chi connectivity index (χ0) is 38.7. The van der Waals surface area contributed by atoms with Crippen LogP contribution in [-0.4, -0.2) is 97.5 Å². The van der Waals surface area contributed by atoms with Crippen molar-refractivity contribution in [1.29, 1.82) is 0 Å². The van der Waals surface area contributed by atoms with E-state index in [2.05, 4.69) is 25.1 Å². The minimum atomic E-state index is -4.81. The highest BCUT2D eigenvalue weighted by Gasteiger charge is 2.67. The molecule has 1 aliphatic heterocycles. The monoisotopic (exact) mass is 787 g/mol. The van der Waals surface area contributed by atoms with Crippen molar-refractivity contribution >= 4 is 56.2 Å². The normalized spacial score (nSPS) is 25.0. The predicted octanol–water partition coefficient (Wildman–Crippen LogP) is 3.84. The summed E-state index contributed by atoms with van der Waals surface area (Å²) in [5, 5.41) is 5.80. The van der Waals surface area contributed by atoms with Gasteiger partial charge in [-0.2, -0.15) is 13.2 Å². The summed E-state index contributed by atoms with van der Waals surface area (Å²) in [4.78, 5) is 60.2. The number of nitrogens with zero attached hydrogens (tertiary/aromatic N) is 2. The topological polar surface area (TPSA) is 182 Å². The number of sulfonamides is 1. The Morgan fingerprint density at radius 2 is 1.79 bits per heavy atom. The molecule has 6 rings (SSSR count). The lowest BCUT2D eigenvalue weighted by atomic mass is 9.85. The molecule has 14 nitrogen and oxygen atoms in total. The van der Waals surface area contributed by atoms with Gasteiger partial charge in [0.15, 0.2) is 6.61 Å². The molecule has 2 heterocycles. The van der Waals surface area contributed by atoms with Crippen LogP contribution in [0.4, 0.5) is 18.0 Å². The number of likely N-dealkylation sites (tertiary alicyclic amines) is 1. The molecule has 1 aromatic heterocycles. The van der Waals surface area contributed by atoms with E-state index in [4.69, 9.17) is 21.1 Å². The van der Waals surface area contributed by atoms with Crippen LogP contribution in [0.3, 0.4) is 0 Å². The number of benzene rings is 1.